The van der Waals surface area contributed by atoms with Gasteiger partial charge in [0, 0.05) is 22.4 Å². The van der Waals surface area contributed by atoms with Gasteiger partial charge in [-0.1, -0.05) is 29.8 Å². The predicted molar refractivity (Wildman–Crippen MR) is 72.7 cm³/mol. The van der Waals surface area contributed by atoms with Crippen molar-refractivity contribution in [3.05, 3.63) is 58.6 Å². The number of rotatable bonds is 3. The smallest absolute Gasteiger partial charge is 0.125 e. The van der Waals surface area contributed by atoms with Gasteiger partial charge in [0.2, 0.25) is 0 Å². The molecule has 0 saturated heterocycles. The van der Waals surface area contributed by atoms with E-state index in [1.807, 2.05) is 12.1 Å². The minimum Gasteiger partial charge on any atom is -0.507 e. The molecule has 0 saturated carbocycles. The summed E-state index contributed by atoms with van der Waals surface area (Å²) in [5.74, 6) is 0.0766. The Morgan fingerprint density at radius 2 is 1.94 bits per heavy atom. The topological polar surface area (TPSA) is 52.8 Å². The van der Waals surface area contributed by atoms with Crippen molar-refractivity contribution in [1.82, 2.24) is 0 Å². The summed E-state index contributed by atoms with van der Waals surface area (Å²) < 4.78 is 0. The molecule has 2 aromatic carbocycles. The van der Waals surface area contributed by atoms with E-state index in [9.17, 15) is 5.11 Å². The van der Waals surface area contributed by atoms with Gasteiger partial charge in [-0.05, 0) is 24.3 Å². The molecular weight excluding hydrogens is 250 g/mol. The van der Waals surface area contributed by atoms with Crippen LogP contribution in [0.3, 0.4) is 0 Å². The summed E-state index contributed by atoms with van der Waals surface area (Å²) in [5.41, 5.74) is 1.99. The highest BCUT2D eigenvalue weighted by Crippen LogP contribution is 2.22. The van der Waals surface area contributed by atoms with Crippen LogP contribution in [-0.2, 0) is 6.61 Å². The predicted octanol–water partition coefficient (Wildman–Crippen LogP) is 3.29. The highest BCUT2D eigenvalue weighted by Gasteiger charge is 2.00. The van der Waals surface area contributed by atoms with Crippen LogP contribution < -0.4 is 0 Å². The average molecular weight is 262 g/mol. The first-order chi connectivity index (χ1) is 8.70. The Kier molecular flexibility index (Phi) is 3.97. The molecule has 0 heterocycles. The standard InChI is InChI=1S/C14H12ClNO2/c15-12-6-5-10(14(18)7-12)8-16-13-4-2-1-3-11(13)9-17/h1-8,17-18H,9H2. The van der Waals surface area contributed by atoms with Crippen molar-refractivity contribution >= 4 is 23.5 Å². The fourth-order valence-corrected chi connectivity index (χ4v) is 1.70. The average Bonchev–Trinajstić information content (AvgIpc) is 2.38. The van der Waals surface area contributed by atoms with E-state index in [-0.39, 0.29) is 12.4 Å². The van der Waals surface area contributed by atoms with E-state index in [1.165, 1.54) is 6.07 Å². The van der Waals surface area contributed by atoms with Crippen LogP contribution in [0.4, 0.5) is 5.69 Å². The summed E-state index contributed by atoms with van der Waals surface area (Å²) in [5, 5.41) is 19.3. The van der Waals surface area contributed by atoms with E-state index in [0.29, 0.717) is 16.3 Å². The third kappa shape index (κ3) is 2.88. The van der Waals surface area contributed by atoms with Gasteiger partial charge < -0.3 is 10.2 Å². The van der Waals surface area contributed by atoms with Gasteiger partial charge in [0.05, 0.1) is 12.3 Å². The van der Waals surface area contributed by atoms with Gasteiger partial charge in [-0.3, -0.25) is 4.99 Å². The van der Waals surface area contributed by atoms with Gasteiger partial charge in [-0.2, -0.15) is 0 Å². The molecule has 4 heteroatoms. The number of aliphatic hydroxyl groups excluding tert-OH is 1. The normalized spacial score (nSPS) is 11.0. The third-order valence-corrected chi connectivity index (χ3v) is 2.73. The Balaban J connectivity index is 2.30. The number of aliphatic imine (C=N–C) groups is 1. The maximum atomic E-state index is 9.67. The van der Waals surface area contributed by atoms with Gasteiger partial charge in [-0.25, -0.2) is 0 Å². The van der Waals surface area contributed by atoms with E-state index in [0.717, 1.165) is 5.56 Å². The zero-order valence-electron chi connectivity index (χ0n) is 9.55. The van der Waals surface area contributed by atoms with Crippen LogP contribution in [0.2, 0.25) is 5.02 Å². The number of hydrogen-bond acceptors (Lipinski definition) is 3. The molecule has 0 aromatic heterocycles. The molecule has 92 valence electrons. The van der Waals surface area contributed by atoms with E-state index < -0.39 is 0 Å². The molecule has 2 N–H and O–H groups in total. The number of halogens is 1. The van der Waals surface area contributed by atoms with Crippen molar-refractivity contribution < 1.29 is 10.2 Å². The zero-order chi connectivity index (χ0) is 13.0. The minimum absolute atomic E-state index is 0.0693. The summed E-state index contributed by atoms with van der Waals surface area (Å²) in [4.78, 5) is 4.25. The van der Waals surface area contributed by atoms with E-state index >= 15 is 0 Å². The highest BCUT2D eigenvalue weighted by atomic mass is 35.5. The van der Waals surface area contributed by atoms with Crippen LogP contribution in [0, 0.1) is 0 Å². The molecule has 0 aliphatic carbocycles. The van der Waals surface area contributed by atoms with Gasteiger partial charge in [0.25, 0.3) is 0 Å². The maximum Gasteiger partial charge on any atom is 0.125 e. The Morgan fingerprint density at radius 3 is 2.67 bits per heavy atom. The summed E-state index contributed by atoms with van der Waals surface area (Å²) in [6, 6.07) is 12.1. The van der Waals surface area contributed by atoms with Crippen molar-refractivity contribution in [3.63, 3.8) is 0 Å². The van der Waals surface area contributed by atoms with Crippen molar-refractivity contribution in [2.45, 2.75) is 6.61 Å². The number of nitrogens with zero attached hydrogens (tertiary/aromatic N) is 1. The second-order valence-corrected chi connectivity index (χ2v) is 4.18. The molecule has 2 rings (SSSR count). The third-order valence-electron chi connectivity index (χ3n) is 2.50. The number of hydrogen-bond donors (Lipinski definition) is 2. The number of phenols is 1. The Hall–Kier alpha value is -1.84. The lowest BCUT2D eigenvalue weighted by atomic mass is 10.2. The molecule has 0 radical (unpaired) electrons. The van der Waals surface area contributed by atoms with Crippen LogP contribution in [-0.4, -0.2) is 16.4 Å². The molecule has 0 aliphatic rings. The monoisotopic (exact) mass is 261 g/mol. The van der Waals surface area contributed by atoms with Crippen molar-refractivity contribution in [1.29, 1.82) is 0 Å². The number of aromatic hydroxyl groups is 1. The summed E-state index contributed by atoms with van der Waals surface area (Å²) in [6.07, 6.45) is 1.54. The maximum absolute atomic E-state index is 9.67. The van der Waals surface area contributed by atoms with Crippen LogP contribution in [0.5, 0.6) is 5.75 Å². The van der Waals surface area contributed by atoms with Gasteiger partial charge in [0.1, 0.15) is 5.75 Å². The van der Waals surface area contributed by atoms with Crippen molar-refractivity contribution in [2.75, 3.05) is 0 Å². The second-order valence-electron chi connectivity index (χ2n) is 3.75. The Morgan fingerprint density at radius 1 is 1.17 bits per heavy atom. The molecule has 0 atom stereocenters. The summed E-state index contributed by atoms with van der Waals surface area (Å²) in [6.45, 7) is -0.0693. The number of aliphatic hydroxyl groups is 1. The molecule has 0 bridgehead atoms. The first kappa shape index (κ1) is 12.6. The van der Waals surface area contributed by atoms with E-state index in [2.05, 4.69) is 4.99 Å². The Labute approximate surface area is 110 Å². The molecule has 0 unspecified atom stereocenters. The number of phenolic OH excluding ortho intramolecular Hbond substituents is 1. The minimum atomic E-state index is -0.0693. The Bertz CT molecular complexity index is 582. The molecule has 0 fully saturated rings. The second kappa shape index (κ2) is 5.67. The van der Waals surface area contributed by atoms with Crippen molar-refractivity contribution in [3.8, 4) is 5.75 Å². The first-order valence-corrected chi connectivity index (χ1v) is 5.80. The first-order valence-electron chi connectivity index (χ1n) is 5.42. The molecule has 0 aliphatic heterocycles. The quantitative estimate of drug-likeness (QED) is 0.833. The lowest BCUT2D eigenvalue weighted by molar-refractivity contribution is 0.282. The lowest BCUT2D eigenvalue weighted by Crippen LogP contribution is -1.85. The lowest BCUT2D eigenvalue weighted by Gasteiger charge is -2.02. The van der Waals surface area contributed by atoms with E-state index in [1.54, 1.807) is 30.5 Å². The molecular formula is C14H12ClNO2. The van der Waals surface area contributed by atoms with Gasteiger partial charge in [0.15, 0.2) is 0 Å². The summed E-state index contributed by atoms with van der Waals surface area (Å²) in [7, 11) is 0. The SMILES string of the molecule is OCc1ccccc1N=Cc1ccc(Cl)cc1O. The van der Waals surface area contributed by atoms with Crippen LogP contribution in [0.1, 0.15) is 11.1 Å². The molecule has 3 nitrogen and oxygen atoms in total. The molecule has 0 spiro atoms. The fourth-order valence-electron chi connectivity index (χ4n) is 1.54. The zero-order valence-corrected chi connectivity index (χ0v) is 10.3. The summed E-state index contributed by atoms with van der Waals surface area (Å²) >= 11 is 5.74. The number of benzene rings is 2. The fraction of sp³-hybridized carbons (Fsp3) is 0.0714. The molecule has 2 aromatic rings. The molecule has 18 heavy (non-hydrogen) atoms. The van der Waals surface area contributed by atoms with Crippen LogP contribution in [0.15, 0.2) is 47.5 Å². The van der Waals surface area contributed by atoms with Crippen molar-refractivity contribution in [2.24, 2.45) is 4.99 Å². The number of para-hydroxylation sites is 1. The van der Waals surface area contributed by atoms with Crippen LogP contribution >= 0.6 is 11.6 Å². The molecule has 0 amide bonds. The van der Waals surface area contributed by atoms with Crippen LogP contribution in [0.25, 0.3) is 0 Å². The van der Waals surface area contributed by atoms with Gasteiger partial charge >= 0.3 is 0 Å². The van der Waals surface area contributed by atoms with E-state index in [4.69, 9.17) is 16.7 Å². The highest BCUT2D eigenvalue weighted by molar-refractivity contribution is 6.30. The van der Waals surface area contributed by atoms with Gasteiger partial charge in [-0.15, -0.1) is 0 Å². The largest absolute Gasteiger partial charge is 0.507 e.